The van der Waals surface area contributed by atoms with Gasteiger partial charge in [0.25, 0.3) is 5.91 Å². The number of fused-ring (bicyclic) bond motifs is 1. The fourth-order valence-electron chi connectivity index (χ4n) is 2.96. The molecule has 0 aliphatic rings. The van der Waals surface area contributed by atoms with Crippen LogP contribution in [0.15, 0.2) is 70.2 Å². The van der Waals surface area contributed by atoms with Crippen LogP contribution in [0.2, 0.25) is 0 Å². The number of methoxy groups -OCH3 is 1. The molecule has 0 saturated heterocycles. The summed E-state index contributed by atoms with van der Waals surface area (Å²) in [6, 6.07) is 17.1. The van der Waals surface area contributed by atoms with Gasteiger partial charge >= 0.3 is 0 Å². The number of hydrogen-bond acceptors (Lipinski definition) is 6. The predicted octanol–water partition coefficient (Wildman–Crippen LogP) is 5.86. The fraction of sp³-hybridized carbons (Fsp3) is 0.182. The second kappa shape index (κ2) is 8.71. The standard InChI is InChI=1S/C22H20N2O3S2/c1-3-28-18-8-4-6-15(12-18)21(25)24(14-17-7-5-11-27-17)22-23-19-10-9-16(26-2)13-20(19)29-22/h4-13H,3,14H2,1-2H3. The van der Waals surface area contributed by atoms with Crippen LogP contribution < -0.4 is 9.64 Å². The molecule has 7 heteroatoms. The van der Waals surface area contributed by atoms with E-state index in [0.717, 1.165) is 26.6 Å². The van der Waals surface area contributed by atoms with Gasteiger partial charge in [0.2, 0.25) is 0 Å². The quantitative estimate of drug-likeness (QED) is 0.348. The molecule has 1 amide bonds. The molecule has 0 unspecified atom stereocenters. The van der Waals surface area contributed by atoms with Crippen molar-refractivity contribution in [3.8, 4) is 5.75 Å². The van der Waals surface area contributed by atoms with Crippen LogP contribution in [0.1, 0.15) is 23.0 Å². The summed E-state index contributed by atoms with van der Waals surface area (Å²) in [6.45, 7) is 2.41. The zero-order chi connectivity index (χ0) is 20.2. The second-order valence-electron chi connectivity index (χ2n) is 6.26. The van der Waals surface area contributed by atoms with Gasteiger partial charge in [0.15, 0.2) is 5.13 Å². The fourth-order valence-corrected chi connectivity index (χ4v) is 4.67. The molecule has 0 aliphatic heterocycles. The Morgan fingerprint density at radius 3 is 2.86 bits per heavy atom. The van der Waals surface area contributed by atoms with Gasteiger partial charge in [-0.05, 0) is 54.3 Å². The van der Waals surface area contributed by atoms with E-state index in [0.29, 0.717) is 23.0 Å². The molecule has 5 nitrogen and oxygen atoms in total. The monoisotopic (exact) mass is 424 g/mol. The molecule has 148 valence electrons. The number of aromatic nitrogens is 1. The topological polar surface area (TPSA) is 55.6 Å². The van der Waals surface area contributed by atoms with Crippen LogP contribution in [0.25, 0.3) is 10.2 Å². The predicted molar refractivity (Wildman–Crippen MR) is 118 cm³/mol. The van der Waals surface area contributed by atoms with Crippen molar-refractivity contribution in [1.82, 2.24) is 4.98 Å². The minimum absolute atomic E-state index is 0.106. The zero-order valence-electron chi connectivity index (χ0n) is 16.1. The van der Waals surface area contributed by atoms with Crippen LogP contribution in [-0.4, -0.2) is 23.8 Å². The number of nitrogens with zero attached hydrogens (tertiary/aromatic N) is 2. The van der Waals surface area contributed by atoms with Gasteiger partial charge in [-0.1, -0.05) is 24.3 Å². The van der Waals surface area contributed by atoms with Gasteiger partial charge in [0.05, 0.1) is 30.1 Å². The number of furan rings is 1. The molecular weight excluding hydrogens is 404 g/mol. The van der Waals surface area contributed by atoms with Crippen LogP contribution in [0.4, 0.5) is 5.13 Å². The molecule has 0 bridgehead atoms. The van der Waals surface area contributed by atoms with Gasteiger partial charge in [-0.2, -0.15) is 0 Å². The van der Waals surface area contributed by atoms with Gasteiger partial charge < -0.3 is 9.15 Å². The van der Waals surface area contributed by atoms with E-state index in [4.69, 9.17) is 14.1 Å². The highest BCUT2D eigenvalue weighted by Crippen LogP contribution is 2.33. The number of rotatable bonds is 7. The zero-order valence-corrected chi connectivity index (χ0v) is 17.8. The van der Waals surface area contributed by atoms with Crippen molar-refractivity contribution in [2.45, 2.75) is 18.4 Å². The first-order chi connectivity index (χ1) is 14.2. The number of benzene rings is 2. The summed E-state index contributed by atoms with van der Waals surface area (Å²) in [7, 11) is 1.64. The first-order valence-electron chi connectivity index (χ1n) is 9.19. The maximum atomic E-state index is 13.4. The lowest BCUT2D eigenvalue weighted by Crippen LogP contribution is -2.30. The molecular formula is C22H20N2O3S2. The lowest BCUT2D eigenvalue weighted by molar-refractivity contribution is 0.0983. The second-order valence-corrected chi connectivity index (χ2v) is 8.61. The van der Waals surface area contributed by atoms with Crippen LogP contribution in [0.5, 0.6) is 5.75 Å². The van der Waals surface area contributed by atoms with Crippen molar-refractivity contribution < 1.29 is 13.9 Å². The van der Waals surface area contributed by atoms with Gasteiger partial charge in [-0.15, -0.1) is 11.8 Å². The van der Waals surface area contributed by atoms with Crippen molar-refractivity contribution in [2.24, 2.45) is 0 Å². The van der Waals surface area contributed by atoms with Crippen molar-refractivity contribution >= 4 is 44.4 Å². The van der Waals surface area contributed by atoms with Gasteiger partial charge in [-0.3, -0.25) is 9.69 Å². The molecule has 4 rings (SSSR count). The van der Waals surface area contributed by atoms with E-state index in [1.54, 1.807) is 30.0 Å². The summed E-state index contributed by atoms with van der Waals surface area (Å²) in [4.78, 5) is 20.9. The summed E-state index contributed by atoms with van der Waals surface area (Å²) in [5.74, 6) is 2.31. The van der Waals surface area contributed by atoms with E-state index in [2.05, 4.69) is 6.92 Å². The molecule has 0 N–H and O–H groups in total. The molecule has 0 fully saturated rings. The summed E-state index contributed by atoms with van der Waals surface area (Å²) in [5.41, 5.74) is 1.46. The number of ether oxygens (including phenoxy) is 1. The van der Waals surface area contributed by atoms with E-state index in [-0.39, 0.29) is 5.91 Å². The lowest BCUT2D eigenvalue weighted by Gasteiger charge is -2.19. The maximum absolute atomic E-state index is 13.4. The van der Waals surface area contributed by atoms with Crippen LogP contribution in [-0.2, 0) is 6.54 Å². The van der Waals surface area contributed by atoms with E-state index >= 15 is 0 Å². The normalized spacial score (nSPS) is 11.0. The Morgan fingerprint density at radius 2 is 2.10 bits per heavy atom. The molecule has 2 aromatic heterocycles. The third-order valence-corrected chi connectivity index (χ3v) is 6.26. The Hall–Kier alpha value is -2.77. The number of anilines is 1. The number of carbonyl (C=O) groups is 1. The minimum atomic E-state index is -0.106. The number of thioether (sulfide) groups is 1. The largest absolute Gasteiger partial charge is 0.497 e. The smallest absolute Gasteiger partial charge is 0.260 e. The van der Waals surface area contributed by atoms with Gasteiger partial charge in [0.1, 0.15) is 11.5 Å². The molecule has 0 radical (unpaired) electrons. The summed E-state index contributed by atoms with van der Waals surface area (Å²) in [5, 5.41) is 0.628. The number of thiazole rings is 1. The van der Waals surface area contributed by atoms with Crippen molar-refractivity contribution in [3.05, 3.63) is 72.2 Å². The van der Waals surface area contributed by atoms with Gasteiger partial charge in [-0.25, -0.2) is 4.98 Å². The van der Waals surface area contributed by atoms with E-state index in [1.807, 2.05) is 54.6 Å². The van der Waals surface area contributed by atoms with Crippen molar-refractivity contribution in [2.75, 3.05) is 17.8 Å². The van der Waals surface area contributed by atoms with E-state index < -0.39 is 0 Å². The molecule has 29 heavy (non-hydrogen) atoms. The Balaban J connectivity index is 1.73. The average Bonchev–Trinajstić information content (AvgIpc) is 3.40. The van der Waals surface area contributed by atoms with Crippen LogP contribution >= 0.6 is 23.1 Å². The number of hydrogen-bond donors (Lipinski definition) is 0. The molecule has 2 heterocycles. The third kappa shape index (κ3) is 4.31. The average molecular weight is 425 g/mol. The summed E-state index contributed by atoms with van der Waals surface area (Å²) < 4.78 is 11.8. The maximum Gasteiger partial charge on any atom is 0.260 e. The molecule has 0 spiro atoms. The molecule has 0 aliphatic carbocycles. The number of amides is 1. The van der Waals surface area contributed by atoms with Crippen molar-refractivity contribution in [3.63, 3.8) is 0 Å². The Labute approximate surface area is 177 Å². The van der Waals surface area contributed by atoms with Crippen molar-refractivity contribution in [1.29, 1.82) is 0 Å². The van der Waals surface area contributed by atoms with E-state index in [9.17, 15) is 4.79 Å². The Bertz CT molecular complexity index is 1120. The first-order valence-corrected chi connectivity index (χ1v) is 11.0. The highest BCUT2D eigenvalue weighted by molar-refractivity contribution is 7.99. The van der Waals surface area contributed by atoms with Gasteiger partial charge in [0, 0.05) is 10.5 Å². The molecule has 4 aromatic rings. The Kier molecular flexibility index (Phi) is 5.87. The van der Waals surface area contributed by atoms with Crippen LogP contribution in [0, 0.1) is 0 Å². The highest BCUT2D eigenvalue weighted by atomic mass is 32.2. The molecule has 0 atom stereocenters. The van der Waals surface area contributed by atoms with Crippen LogP contribution in [0.3, 0.4) is 0 Å². The lowest BCUT2D eigenvalue weighted by atomic mass is 10.2. The Morgan fingerprint density at radius 1 is 1.21 bits per heavy atom. The number of carbonyl (C=O) groups excluding carboxylic acids is 1. The molecule has 2 aromatic carbocycles. The molecule has 0 saturated carbocycles. The summed E-state index contributed by atoms with van der Waals surface area (Å²) >= 11 is 3.17. The third-order valence-electron chi connectivity index (χ3n) is 4.35. The summed E-state index contributed by atoms with van der Waals surface area (Å²) in [6.07, 6.45) is 1.61. The SMILES string of the molecule is CCSc1cccc(C(=O)N(Cc2ccco2)c2nc3ccc(OC)cc3s2)c1. The minimum Gasteiger partial charge on any atom is -0.497 e. The first kappa shape index (κ1) is 19.5. The van der Waals surface area contributed by atoms with E-state index in [1.165, 1.54) is 11.3 Å². The highest BCUT2D eigenvalue weighted by Gasteiger charge is 2.23.